The number of ether oxygens (including phenoxy) is 1. The van der Waals surface area contributed by atoms with Crippen LogP contribution in [0.1, 0.15) is 17.4 Å². The van der Waals surface area contributed by atoms with Crippen LogP contribution >= 0.6 is 0 Å². The number of carboxylic acids is 1. The summed E-state index contributed by atoms with van der Waals surface area (Å²) < 4.78 is 5.34. The number of nitrogens with one attached hydrogen (secondary N) is 1. The van der Waals surface area contributed by atoms with Crippen molar-refractivity contribution in [3.8, 4) is 5.75 Å². The molecule has 0 amide bonds. The van der Waals surface area contributed by atoms with Gasteiger partial charge in [-0.3, -0.25) is 0 Å². The van der Waals surface area contributed by atoms with E-state index in [1.807, 2.05) is 31.2 Å². The highest BCUT2D eigenvalue weighted by molar-refractivity contribution is 6.00. The molecular formula is C11H11NO3. The molecule has 4 nitrogen and oxygen atoms in total. The third kappa shape index (κ3) is 1.54. The number of hydrogen-bond acceptors (Lipinski definition) is 2. The highest BCUT2D eigenvalue weighted by atomic mass is 16.5. The molecule has 0 saturated carbocycles. The Labute approximate surface area is 86.5 Å². The first-order chi connectivity index (χ1) is 7.24. The summed E-state index contributed by atoms with van der Waals surface area (Å²) in [7, 11) is 0. The van der Waals surface area contributed by atoms with E-state index >= 15 is 0 Å². The molecule has 0 unspecified atom stereocenters. The maximum atomic E-state index is 11.0. The number of rotatable bonds is 3. The van der Waals surface area contributed by atoms with Crippen molar-refractivity contribution in [2.75, 3.05) is 6.61 Å². The molecule has 0 saturated heterocycles. The van der Waals surface area contributed by atoms with Gasteiger partial charge in [0.15, 0.2) is 11.4 Å². The molecule has 0 fully saturated rings. The summed E-state index contributed by atoms with van der Waals surface area (Å²) in [4.78, 5) is 13.8. The lowest BCUT2D eigenvalue weighted by atomic mass is 10.2. The topological polar surface area (TPSA) is 62.3 Å². The predicted octanol–water partition coefficient (Wildman–Crippen LogP) is 2.26. The minimum Gasteiger partial charge on any atom is -0.491 e. The molecule has 0 radical (unpaired) electrons. The van der Waals surface area contributed by atoms with Gasteiger partial charge in [-0.1, -0.05) is 12.1 Å². The SMILES string of the molecule is CCOc1c(C(=O)O)[nH]c2ccccc12. The monoisotopic (exact) mass is 205 g/mol. The lowest BCUT2D eigenvalue weighted by molar-refractivity contribution is 0.0687. The summed E-state index contributed by atoms with van der Waals surface area (Å²) in [6.07, 6.45) is 0. The Hall–Kier alpha value is -1.97. The number of carbonyl (C=O) groups is 1. The number of aromatic nitrogens is 1. The second kappa shape index (κ2) is 3.65. The fraction of sp³-hybridized carbons (Fsp3) is 0.182. The highest BCUT2D eigenvalue weighted by Crippen LogP contribution is 2.29. The van der Waals surface area contributed by atoms with Crippen molar-refractivity contribution < 1.29 is 14.6 Å². The van der Waals surface area contributed by atoms with Gasteiger partial charge in [-0.05, 0) is 19.1 Å². The molecule has 0 aliphatic heterocycles. The average Bonchev–Trinajstić information content (AvgIpc) is 2.58. The van der Waals surface area contributed by atoms with Crippen LogP contribution in [0.4, 0.5) is 0 Å². The number of aromatic amines is 1. The van der Waals surface area contributed by atoms with Gasteiger partial charge < -0.3 is 14.8 Å². The van der Waals surface area contributed by atoms with Gasteiger partial charge >= 0.3 is 5.97 Å². The van der Waals surface area contributed by atoms with E-state index < -0.39 is 5.97 Å². The summed E-state index contributed by atoms with van der Waals surface area (Å²) in [6.45, 7) is 2.27. The number of fused-ring (bicyclic) bond motifs is 1. The van der Waals surface area contributed by atoms with Gasteiger partial charge in [0.2, 0.25) is 0 Å². The lowest BCUT2D eigenvalue weighted by Gasteiger charge is -2.01. The van der Waals surface area contributed by atoms with Crippen molar-refractivity contribution in [2.24, 2.45) is 0 Å². The van der Waals surface area contributed by atoms with Gasteiger partial charge in [0, 0.05) is 10.9 Å². The molecule has 0 aliphatic rings. The zero-order valence-corrected chi connectivity index (χ0v) is 8.28. The molecule has 0 spiro atoms. The van der Waals surface area contributed by atoms with E-state index in [2.05, 4.69) is 4.98 Å². The van der Waals surface area contributed by atoms with Crippen LogP contribution in [0, 0.1) is 0 Å². The summed E-state index contributed by atoms with van der Waals surface area (Å²) in [6, 6.07) is 7.36. The molecule has 1 heterocycles. The number of aromatic carboxylic acids is 1. The smallest absolute Gasteiger partial charge is 0.356 e. The van der Waals surface area contributed by atoms with Gasteiger partial charge in [0.1, 0.15) is 0 Å². The Balaban J connectivity index is 2.68. The largest absolute Gasteiger partial charge is 0.491 e. The van der Waals surface area contributed by atoms with Crippen molar-refractivity contribution in [3.63, 3.8) is 0 Å². The zero-order valence-electron chi connectivity index (χ0n) is 8.28. The van der Waals surface area contributed by atoms with Gasteiger partial charge in [-0.15, -0.1) is 0 Å². The minimum atomic E-state index is -1.00. The molecule has 2 aromatic rings. The Kier molecular flexibility index (Phi) is 2.33. The van der Waals surface area contributed by atoms with E-state index in [1.165, 1.54) is 0 Å². The van der Waals surface area contributed by atoms with Crippen LogP contribution in [-0.2, 0) is 0 Å². The second-order valence-corrected chi connectivity index (χ2v) is 3.11. The summed E-state index contributed by atoms with van der Waals surface area (Å²) >= 11 is 0. The summed E-state index contributed by atoms with van der Waals surface area (Å²) in [5.41, 5.74) is 0.886. The molecule has 78 valence electrons. The highest BCUT2D eigenvalue weighted by Gasteiger charge is 2.17. The van der Waals surface area contributed by atoms with Crippen LogP contribution in [0.2, 0.25) is 0 Å². The van der Waals surface area contributed by atoms with Crippen molar-refractivity contribution in [1.82, 2.24) is 4.98 Å². The molecule has 1 aromatic heterocycles. The van der Waals surface area contributed by atoms with Crippen molar-refractivity contribution in [2.45, 2.75) is 6.92 Å². The van der Waals surface area contributed by atoms with Gasteiger partial charge in [-0.25, -0.2) is 4.79 Å². The normalized spacial score (nSPS) is 10.5. The third-order valence-electron chi connectivity index (χ3n) is 2.16. The van der Waals surface area contributed by atoms with Crippen LogP contribution < -0.4 is 4.74 Å². The van der Waals surface area contributed by atoms with Gasteiger partial charge in [0.25, 0.3) is 0 Å². The van der Waals surface area contributed by atoms with Crippen LogP contribution in [-0.4, -0.2) is 22.7 Å². The second-order valence-electron chi connectivity index (χ2n) is 3.11. The number of benzene rings is 1. The molecule has 2 rings (SSSR count). The number of H-pyrrole nitrogens is 1. The van der Waals surface area contributed by atoms with E-state index in [1.54, 1.807) is 0 Å². The molecule has 2 N–H and O–H groups in total. The van der Waals surface area contributed by atoms with E-state index in [9.17, 15) is 4.79 Å². The van der Waals surface area contributed by atoms with E-state index in [4.69, 9.17) is 9.84 Å². The van der Waals surface area contributed by atoms with E-state index in [-0.39, 0.29) is 5.69 Å². The van der Waals surface area contributed by atoms with Gasteiger partial charge in [-0.2, -0.15) is 0 Å². The van der Waals surface area contributed by atoms with Crippen molar-refractivity contribution >= 4 is 16.9 Å². The van der Waals surface area contributed by atoms with Crippen molar-refractivity contribution in [3.05, 3.63) is 30.0 Å². The summed E-state index contributed by atoms with van der Waals surface area (Å²) in [5, 5.41) is 9.78. The quantitative estimate of drug-likeness (QED) is 0.807. The Morgan fingerprint density at radius 2 is 2.20 bits per heavy atom. The number of carboxylic acid groups (broad SMARTS) is 1. The number of hydrogen-bond donors (Lipinski definition) is 2. The van der Waals surface area contributed by atoms with E-state index in [0.29, 0.717) is 12.4 Å². The molecule has 0 bridgehead atoms. The van der Waals surface area contributed by atoms with Crippen LogP contribution in [0.5, 0.6) is 5.75 Å². The Bertz CT molecular complexity index is 502. The predicted molar refractivity (Wildman–Crippen MR) is 56.4 cm³/mol. The molecule has 0 aliphatic carbocycles. The molecule has 4 heteroatoms. The van der Waals surface area contributed by atoms with Crippen molar-refractivity contribution in [1.29, 1.82) is 0 Å². The lowest BCUT2D eigenvalue weighted by Crippen LogP contribution is -2.01. The fourth-order valence-corrected chi connectivity index (χ4v) is 1.56. The van der Waals surface area contributed by atoms with Crippen LogP contribution in [0.3, 0.4) is 0 Å². The molecule has 15 heavy (non-hydrogen) atoms. The maximum Gasteiger partial charge on any atom is 0.356 e. The standard InChI is InChI=1S/C11H11NO3/c1-2-15-10-7-5-3-4-6-8(7)12-9(10)11(13)14/h3-6,12H,2H2,1H3,(H,13,14). The average molecular weight is 205 g/mol. The third-order valence-corrected chi connectivity index (χ3v) is 2.16. The Morgan fingerprint density at radius 3 is 2.87 bits per heavy atom. The zero-order chi connectivity index (χ0) is 10.8. The first-order valence-corrected chi connectivity index (χ1v) is 4.70. The van der Waals surface area contributed by atoms with E-state index in [0.717, 1.165) is 10.9 Å². The minimum absolute atomic E-state index is 0.109. The molecule has 0 atom stereocenters. The summed E-state index contributed by atoms with van der Waals surface area (Å²) in [5.74, 6) is -0.588. The first-order valence-electron chi connectivity index (χ1n) is 4.70. The van der Waals surface area contributed by atoms with Crippen LogP contribution in [0.15, 0.2) is 24.3 Å². The molecule has 1 aromatic carbocycles. The van der Waals surface area contributed by atoms with Crippen LogP contribution in [0.25, 0.3) is 10.9 Å². The number of para-hydroxylation sites is 1. The molecular weight excluding hydrogens is 194 g/mol. The first kappa shape index (κ1) is 9.58. The maximum absolute atomic E-state index is 11.0. The fourth-order valence-electron chi connectivity index (χ4n) is 1.56. The van der Waals surface area contributed by atoms with Gasteiger partial charge in [0.05, 0.1) is 6.61 Å². The Morgan fingerprint density at radius 1 is 1.47 bits per heavy atom.